The van der Waals surface area contributed by atoms with Crippen molar-refractivity contribution in [3.05, 3.63) is 75.8 Å². The number of benzene rings is 1. The molecule has 7 heteroatoms. The van der Waals surface area contributed by atoms with Gasteiger partial charge in [-0.25, -0.2) is 9.78 Å². The zero-order valence-electron chi connectivity index (χ0n) is 18.0. The third kappa shape index (κ3) is 5.72. The second-order valence-corrected chi connectivity index (χ2v) is 7.02. The van der Waals surface area contributed by atoms with Gasteiger partial charge in [0, 0.05) is 18.3 Å². The quantitative estimate of drug-likeness (QED) is 0.295. The number of pyridine rings is 1. The molecule has 2 aromatic heterocycles. The zero-order chi connectivity index (χ0) is 22.2. The number of ether oxygens (including phenoxy) is 3. The van der Waals surface area contributed by atoms with E-state index in [9.17, 15) is 9.59 Å². The molecule has 31 heavy (non-hydrogen) atoms. The first-order valence-corrected chi connectivity index (χ1v) is 10.2. The Morgan fingerprint density at radius 1 is 1.19 bits per heavy atom. The van der Waals surface area contributed by atoms with Crippen LogP contribution < -0.4 is 15.0 Å². The van der Waals surface area contributed by atoms with E-state index < -0.39 is 5.97 Å². The van der Waals surface area contributed by atoms with Crippen LogP contribution in [-0.2, 0) is 16.1 Å². The van der Waals surface area contributed by atoms with E-state index in [0.29, 0.717) is 29.4 Å². The van der Waals surface area contributed by atoms with Gasteiger partial charge < -0.3 is 14.2 Å². The summed E-state index contributed by atoms with van der Waals surface area (Å²) in [6, 6.07) is 10.5. The number of unbranched alkanes of at least 4 members (excludes halogenated alkanes) is 1. The van der Waals surface area contributed by atoms with Crippen LogP contribution in [0.25, 0.3) is 11.7 Å². The summed E-state index contributed by atoms with van der Waals surface area (Å²) in [7, 11) is 1.57. The normalized spacial score (nSPS) is 11.1. The van der Waals surface area contributed by atoms with Crippen molar-refractivity contribution in [3.8, 4) is 11.5 Å². The Balaban J connectivity index is 1.64. The lowest BCUT2D eigenvalue weighted by Gasteiger charge is -2.11. The number of carbonyl (C=O) groups is 1. The first kappa shape index (κ1) is 22.1. The predicted octanol–water partition coefficient (Wildman–Crippen LogP) is 3.95. The highest BCUT2D eigenvalue weighted by Crippen LogP contribution is 2.28. The molecule has 2 heterocycles. The van der Waals surface area contributed by atoms with E-state index >= 15 is 0 Å². The summed E-state index contributed by atoms with van der Waals surface area (Å²) in [5.74, 6) is 0.733. The van der Waals surface area contributed by atoms with Gasteiger partial charge in [0.15, 0.2) is 11.5 Å². The van der Waals surface area contributed by atoms with E-state index in [1.165, 1.54) is 16.5 Å². The van der Waals surface area contributed by atoms with Gasteiger partial charge in [-0.1, -0.05) is 25.5 Å². The molecule has 0 atom stereocenters. The largest absolute Gasteiger partial charge is 0.493 e. The third-order valence-corrected chi connectivity index (χ3v) is 4.66. The van der Waals surface area contributed by atoms with Crippen LogP contribution in [-0.4, -0.2) is 29.1 Å². The van der Waals surface area contributed by atoms with E-state index in [2.05, 4.69) is 11.9 Å². The monoisotopic (exact) mass is 422 g/mol. The molecule has 0 saturated carbocycles. The lowest BCUT2D eigenvalue weighted by atomic mass is 10.2. The molecule has 7 nitrogen and oxygen atoms in total. The molecular formula is C24H26N2O5. The van der Waals surface area contributed by atoms with Gasteiger partial charge in [0.2, 0.25) is 0 Å². The summed E-state index contributed by atoms with van der Waals surface area (Å²) in [6.45, 7) is 4.51. The fourth-order valence-electron chi connectivity index (χ4n) is 2.97. The van der Waals surface area contributed by atoms with Crippen LogP contribution in [0.15, 0.2) is 53.5 Å². The van der Waals surface area contributed by atoms with Crippen molar-refractivity contribution in [2.75, 3.05) is 13.7 Å². The molecule has 0 amide bonds. The zero-order valence-corrected chi connectivity index (χ0v) is 18.0. The molecule has 0 aliphatic carbocycles. The van der Waals surface area contributed by atoms with Crippen LogP contribution >= 0.6 is 0 Å². The van der Waals surface area contributed by atoms with Gasteiger partial charge in [0.25, 0.3) is 5.56 Å². The topological polar surface area (TPSA) is 79.1 Å². The van der Waals surface area contributed by atoms with Crippen molar-refractivity contribution < 1.29 is 19.0 Å². The van der Waals surface area contributed by atoms with Crippen molar-refractivity contribution in [2.24, 2.45) is 0 Å². The van der Waals surface area contributed by atoms with E-state index in [-0.39, 0.29) is 12.2 Å². The average molecular weight is 422 g/mol. The molecule has 1 aromatic carbocycles. The van der Waals surface area contributed by atoms with E-state index in [1.54, 1.807) is 31.5 Å². The number of aromatic nitrogens is 2. The van der Waals surface area contributed by atoms with Crippen LogP contribution in [0.1, 0.15) is 36.6 Å². The maximum atomic E-state index is 12.2. The Kier molecular flexibility index (Phi) is 7.43. The molecule has 0 aliphatic rings. The van der Waals surface area contributed by atoms with Gasteiger partial charge in [0.05, 0.1) is 19.4 Å². The number of rotatable bonds is 9. The van der Waals surface area contributed by atoms with Gasteiger partial charge >= 0.3 is 5.97 Å². The molecule has 0 bridgehead atoms. The molecule has 0 unspecified atom stereocenters. The molecule has 3 aromatic rings. The molecule has 3 rings (SSSR count). The van der Waals surface area contributed by atoms with Gasteiger partial charge in [-0.2, -0.15) is 0 Å². The van der Waals surface area contributed by atoms with Crippen LogP contribution in [0, 0.1) is 6.92 Å². The minimum absolute atomic E-state index is 0.0865. The first-order valence-electron chi connectivity index (χ1n) is 10.2. The van der Waals surface area contributed by atoms with Crippen LogP contribution in [0.5, 0.6) is 11.5 Å². The SMILES string of the molecule is CCCCOc1ccc(/C=C/C(=O)OCc2cc(=O)n3cccc(C)c3n2)cc1OC. The predicted molar refractivity (Wildman–Crippen MR) is 118 cm³/mol. The highest BCUT2D eigenvalue weighted by Gasteiger charge is 2.08. The number of carbonyl (C=O) groups excluding carboxylic acids is 1. The molecule has 0 fully saturated rings. The van der Waals surface area contributed by atoms with Gasteiger partial charge in [-0.15, -0.1) is 0 Å². The lowest BCUT2D eigenvalue weighted by molar-refractivity contribution is -0.139. The molecule has 0 spiro atoms. The fourth-order valence-corrected chi connectivity index (χ4v) is 2.97. The second-order valence-electron chi connectivity index (χ2n) is 7.02. The smallest absolute Gasteiger partial charge is 0.331 e. The Bertz CT molecular complexity index is 1150. The summed E-state index contributed by atoms with van der Waals surface area (Å²) in [5.41, 5.74) is 2.36. The van der Waals surface area contributed by atoms with Crippen LogP contribution in [0.2, 0.25) is 0 Å². The summed E-state index contributed by atoms with van der Waals surface area (Å²) >= 11 is 0. The Labute approximate surface area is 180 Å². The third-order valence-electron chi connectivity index (χ3n) is 4.66. The summed E-state index contributed by atoms with van der Waals surface area (Å²) in [5, 5.41) is 0. The maximum absolute atomic E-state index is 12.2. The standard InChI is InChI=1S/C24H26N2O5/c1-4-5-13-30-20-10-8-18(14-21(20)29-3)9-11-23(28)31-16-19-15-22(27)26-12-6-7-17(2)24(26)25-19/h6-12,14-15H,4-5,13,16H2,1-3H3/b11-9+. The number of methoxy groups -OCH3 is 1. The lowest BCUT2D eigenvalue weighted by Crippen LogP contribution is -2.17. The Morgan fingerprint density at radius 2 is 2.03 bits per heavy atom. The number of esters is 1. The second kappa shape index (κ2) is 10.4. The highest BCUT2D eigenvalue weighted by molar-refractivity contribution is 5.87. The Morgan fingerprint density at radius 3 is 2.81 bits per heavy atom. The molecule has 0 N–H and O–H groups in total. The van der Waals surface area contributed by atoms with E-state index in [0.717, 1.165) is 24.0 Å². The van der Waals surface area contributed by atoms with E-state index in [4.69, 9.17) is 14.2 Å². The number of hydrogen-bond donors (Lipinski definition) is 0. The number of aryl methyl sites for hydroxylation is 1. The van der Waals surface area contributed by atoms with Crippen molar-refractivity contribution in [1.29, 1.82) is 0 Å². The number of nitrogens with zero attached hydrogens (tertiary/aromatic N) is 2. The van der Waals surface area contributed by atoms with Gasteiger partial charge in [-0.3, -0.25) is 9.20 Å². The maximum Gasteiger partial charge on any atom is 0.331 e. The average Bonchev–Trinajstić information content (AvgIpc) is 2.77. The van der Waals surface area contributed by atoms with Crippen molar-refractivity contribution in [2.45, 2.75) is 33.3 Å². The summed E-state index contributed by atoms with van der Waals surface area (Å²) < 4.78 is 17.8. The number of fused-ring (bicyclic) bond motifs is 1. The van der Waals surface area contributed by atoms with E-state index in [1.807, 2.05) is 25.1 Å². The highest BCUT2D eigenvalue weighted by atomic mass is 16.5. The first-order chi connectivity index (χ1) is 15.0. The molecule has 0 saturated heterocycles. The van der Waals surface area contributed by atoms with Gasteiger partial charge in [0.1, 0.15) is 12.3 Å². The van der Waals surface area contributed by atoms with Crippen LogP contribution in [0.4, 0.5) is 0 Å². The summed E-state index contributed by atoms with van der Waals surface area (Å²) in [4.78, 5) is 28.8. The molecule has 162 valence electrons. The van der Waals surface area contributed by atoms with Crippen molar-refractivity contribution >= 4 is 17.7 Å². The molecule has 0 radical (unpaired) electrons. The minimum atomic E-state index is -0.533. The summed E-state index contributed by atoms with van der Waals surface area (Å²) in [6.07, 6.45) is 6.63. The van der Waals surface area contributed by atoms with Gasteiger partial charge in [-0.05, 0) is 48.7 Å². The Hall–Kier alpha value is -3.61. The molecular weight excluding hydrogens is 396 g/mol. The number of hydrogen-bond acceptors (Lipinski definition) is 6. The minimum Gasteiger partial charge on any atom is -0.493 e. The molecule has 0 aliphatic heterocycles. The van der Waals surface area contributed by atoms with Crippen molar-refractivity contribution in [3.63, 3.8) is 0 Å². The van der Waals surface area contributed by atoms with Crippen molar-refractivity contribution in [1.82, 2.24) is 9.38 Å². The van der Waals surface area contributed by atoms with Crippen LogP contribution in [0.3, 0.4) is 0 Å². The fraction of sp³-hybridized carbons (Fsp3) is 0.292.